The number of hydrogen-bond donors (Lipinski definition) is 2. The summed E-state index contributed by atoms with van der Waals surface area (Å²) in [6, 6.07) is 11.1. The number of hydrogen-bond acceptors (Lipinski definition) is 4. The fourth-order valence-corrected chi connectivity index (χ4v) is 20.8. The van der Waals surface area contributed by atoms with E-state index in [1.807, 2.05) is 0 Å². The summed E-state index contributed by atoms with van der Waals surface area (Å²) in [6.07, 6.45) is 12.9. The first-order chi connectivity index (χ1) is 25.1. The van der Waals surface area contributed by atoms with Crippen LogP contribution in [0.5, 0.6) is 0 Å². The fourth-order valence-electron chi connectivity index (χ4n) is 9.66. The zero-order chi connectivity index (χ0) is 36.7. The van der Waals surface area contributed by atoms with Crippen molar-refractivity contribution in [3.8, 4) is 0 Å². The van der Waals surface area contributed by atoms with Crippen LogP contribution in [0.3, 0.4) is 0 Å². The normalized spacial score (nSPS) is 17.5. The van der Waals surface area contributed by atoms with Gasteiger partial charge in [-0.2, -0.15) is 0 Å². The van der Waals surface area contributed by atoms with Crippen molar-refractivity contribution < 1.29 is 10.2 Å². The molecular formula is C43H48Cl2N4O2Sn. The van der Waals surface area contributed by atoms with E-state index in [9.17, 15) is 10.2 Å². The van der Waals surface area contributed by atoms with Gasteiger partial charge in [0.2, 0.25) is 0 Å². The molecule has 2 N–H and O–H groups in total. The van der Waals surface area contributed by atoms with E-state index in [2.05, 4.69) is 95.7 Å². The molecule has 0 amide bonds. The van der Waals surface area contributed by atoms with Crippen LogP contribution in [-0.4, -0.2) is 51.4 Å². The van der Waals surface area contributed by atoms with Crippen molar-refractivity contribution in [2.24, 2.45) is 9.98 Å². The number of aliphatic hydroxyl groups excluding tert-OH is 2. The molecule has 2 aromatic carbocycles. The molecular weight excluding hydrogens is 794 g/mol. The second-order valence-electron chi connectivity index (χ2n) is 14.7. The monoisotopic (exact) mass is 842 g/mol. The van der Waals surface area contributed by atoms with Gasteiger partial charge in [0.1, 0.15) is 0 Å². The molecule has 6 bridgehead atoms. The summed E-state index contributed by atoms with van der Waals surface area (Å²) in [5.41, 5.74) is 12.9. The van der Waals surface area contributed by atoms with Gasteiger partial charge in [-0.1, -0.05) is 0 Å². The molecule has 0 spiro atoms. The molecule has 2 aromatic heterocycles. The van der Waals surface area contributed by atoms with Gasteiger partial charge in [0.15, 0.2) is 0 Å². The molecule has 4 aliphatic rings. The Morgan fingerprint density at radius 2 is 1.52 bits per heavy atom. The van der Waals surface area contributed by atoms with Crippen LogP contribution in [0.1, 0.15) is 106 Å². The second-order valence-corrected chi connectivity index (χ2v) is 28.5. The SMILES string of the molecule is CCc1c(CC)c2[n]3c1=CC1=NC(=Cc4c(CCCO)c(C)c([n]4[Sn]3([Cl])[Cl])C=C3N=c4c(cc5ccccc5c4=2)C3(CC)CC)C(CCCO)=C1C. The van der Waals surface area contributed by atoms with Gasteiger partial charge in [0.05, 0.1) is 0 Å². The van der Waals surface area contributed by atoms with Crippen molar-refractivity contribution in [2.75, 3.05) is 13.2 Å². The van der Waals surface area contributed by atoms with Gasteiger partial charge >= 0.3 is 320 Å². The van der Waals surface area contributed by atoms with E-state index >= 15 is 0 Å². The van der Waals surface area contributed by atoms with E-state index in [0.29, 0.717) is 19.3 Å². The molecule has 6 heterocycles. The molecule has 4 aromatic rings. The van der Waals surface area contributed by atoms with Crippen LogP contribution in [0.2, 0.25) is 0 Å². The molecule has 4 aliphatic heterocycles. The fraction of sp³-hybridized carbons (Fsp3) is 0.395. The van der Waals surface area contributed by atoms with Gasteiger partial charge in [-0.15, -0.1) is 0 Å². The first-order valence-corrected chi connectivity index (χ1v) is 28.9. The summed E-state index contributed by atoms with van der Waals surface area (Å²) in [5.74, 6) is 0. The third-order valence-corrected chi connectivity index (χ3v) is 22.7. The summed E-state index contributed by atoms with van der Waals surface area (Å²) in [4.78, 5) is 11.1. The predicted octanol–water partition coefficient (Wildman–Crippen LogP) is 8.12. The summed E-state index contributed by atoms with van der Waals surface area (Å²) >= 11 is -4.87. The van der Waals surface area contributed by atoms with Crippen LogP contribution >= 0.6 is 17.8 Å². The van der Waals surface area contributed by atoms with Gasteiger partial charge < -0.3 is 0 Å². The minimum absolute atomic E-state index is 0.0885. The second kappa shape index (κ2) is 13.5. The molecule has 0 aliphatic carbocycles. The Morgan fingerprint density at radius 1 is 0.808 bits per heavy atom. The molecule has 8 rings (SSSR count). The van der Waals surface area contributed by atoms with Crippen LogP contribution in [0.25, 0.3) is 29.0 Å². The molecule has 52 heavy (non-hydrogen) atoms. The zero-order valence-corrected chi connectivity index (χ0v) is 35.5. The van der Waals surface area contributed by atoms with Gasteiger partial charge in [0.25, 0.3) is 0 Å². The average molecular weight is 842 g/mol. The first-order valence-electron chi connectivity index (χ1n) is 19.1. The molecule has 0 radical (unpaired) electrons. The number of benzene rings is 2. The van der Waals surface area contributed by atoms with Crippen molar-refractivity contribution in [2.45, 2.75) is 98.3 Å². The van der Waals surface area contributed by atoms with Crippen LogP contribution in [0, 0.1) is 17.5 Å². The van der Waals surface area contributed by atoms with Crippen LogP contribution in [0.4, 0.5) is 0 Å². The molecule has 0 atom stereocenters. The van der Waals surface area contributed by atoms with Gasteiger partial charge in [-0.25, -0.2) is 0 Å². The first kappa shape index (κ1) is 36.1. The Labute approximate surface area is 317 Å². The Hall–Kier alpha value is -2.88. The molecule has 9 heteroatoms. The molecule has 0 saturated carbocycles. The number of nitrogens with zero attached hydrogens (tertiary/aromatic N) is 4. The van der Waals surface area contributed by atoms with E-state index in [0.717, 1.165) is 110 Å². The summed E-state index contributed by atoms with van der Waals surface area (Å²) in [7, 11) is 16.7. The predicted molar refractivity (Wildman–Crippen MR) is 218 cm³/mol. The van der Waals surface area contributed by atoms with Crippen molar-refractivity contribution in [1.82, 2.24) is 5.58 Å². The van der Waals surface area contributed by atoms with Gasteiger partial charge in [-0.3, -0.25) is 0 Å². The van der Waals surface area contributed by atoms with E-state index in [1.165, 1.54) is 22.1 Å². The molecule has 270 valence electrons. The maximum atomic E-state index is 10.1. The Balaban J connectivity index is 1.74. The Kier molecular flexibility index (Phi) is 9.34. The van der Waals surface area contributed by atoms with Gasteiger partial charge in [0, 0.05) is 0 Å². The number of aromatic nitrogens is 2. The zero-order valence-electron chi connectivity index (χ0n) is 31.1. The Bertz CT molecular complexity index is 2550. The summed E-state index contributed by atoms with van der Waals surface area (Å²) in [5, 5.41) is 26.7. The summed E-state index contributed by atoms with van der Waals surface area (Å²) < 4.78 is 4.73. The molecule has 0 fully saturated rings. The topological polar surface area (TPSA) is 75.0 Å². The molecule has 0 saturated heterocycles. The van der Waals surface area contributed by atoms with E-state index in [4.69, 9.17) is 27.8 Å². The third-order valence-electron chi connectivity index (χ3n) is 12.4. The standard InChI is InChI=1S/C43H48N4O2.2ClH.Sn/c1-7-28-29(8-2)41-40-32-16-12-11-15-27(32)21-33-42(40)47-39(43(33,9-3)10-4)24-35-26(6)31(18-14-20-49)38(45-35)23-37-30(17-13-19-48)25(5)34(44-37)22-36(28)46-41;;;/h11-12,15-16,21-24,48-49H,7-10,13-14,17-20H2,1-6H3;2*1H;/q-2;;;+4/p-2. The molecule has 6 nitrogen and oxygen atoms in total. The van der Waals surface area contributed by atoms with Crippen LogP contribution in [0.15, 0.2) is 62.9 Å². The number of rotatable bonds is 10. The van der Waals surface area contributed by atoms with Gasteiger partial charge in [-0.05, 0) is 0 Å². The number of aliphatic imine (C=N–C) groups is 1. The minimum atomic E-state index is -4.87. The van der Waals surface area contributed by atoms with Crippen molar-refractivity contribution in [3.05, 3.63) is 113 Å². The van der Waals surface area contributed by atoms with E-state index < -0.39 is 16.7 Å². The maximum absolute atomic E-state index is 10.1. The quantitative estimate of drug-likeness (QED) is 0.159. The van der Waals surface area contributed by atoms with Crippen molar-refractivity contribution in [1.29, 1.82) is 0 Å². The van der Waals surface area contributed by atoms with Crippen LogP contribution < -0.4 is 10.7 Å². The van der Waals surface area contributed by atoms with Crippen molar-refractivity contribution in [3.63, 3.8) is 0 Å². The molecule has 0 unspecified atom stereocenters. The number of allylic oxidation sites excluding steroid dienone is 3. The third kappa shape index (κ3) is 4.96. The number of halogens is 2. The van der Waals surface area contributed by atoms with Crippen molar-refractivity contribution >= 4 is 69.2 Å². The number of fused-ring (bicyclic) bond motifs is 4. The summed E-state index contributed by atoms with van der Waals surface area (Å²) in [6.45, 7) is 13.6. The Morgan fingerprint density at radius 3 is 2.21 bits per heavy atom. The number of aliphatic hydroxyl groups is 2. The van der Waals surface area contributed by atoms with E-state index in [-0.39, 0.29) is 18.6 Å². The average Bonchev–Trinajstić information content (AvgIpc) is 3.81. The van der Waals surface area contributed by atoms with E-state index in [1.54, 1.807) is 0 Å². The van der Waals surface area contributed by atoms with Crippen LogP contribution in [-0.2, 0) is 24.7 Å².